The van der Waals surface area contributed by atoms with Crippen molar-refractivity contribution in [3.63, 3.8) is 0 Å². The predicted molar refractivity (Wildman–Crippen MR) is 79.2 cm³/mol. The van der Waals surface area contributed by atoms with Crippen molar-refractivity contribution in [3.8, 4) is 17.1 Å². The van der Waals surface area contributed by atoms with Gasteiger partial charge in [-0.2, -0.15) is 5.10 Å². The molecule has 100 valence electrons. The lowest BCUT2D eigenvalue weighted by Gasteiger charge is -2.09. The molecule has 20 heavy (non-hydrogen) atoms. The van der Waals surface area contributed by atoms with Crippen molar-refractivity contribution in [2.24, 2.45) is 0 Å². The Morgan fingerprint density at radius 1 is 1.10 bits per heavy atom. The molecule has 1 N–H and O–H groups in total. The summed E-state index contributed by atoms with van der Waals surface area (Å²) in [6, 6.07) is 13.9. The number of benzene rings is 2. The first-order valence-corrected chi connectivity index (χ1v) is 6.64. The van der Waals surface area contributed by atoms with Crippen LogP contribution in [0.5, 0.6) is 0 Å². The minimum atomic E-state index is -0.452. The number of aromatic amines is 1. The Labute approximate surface area is 124 Å². The van der Waals surface area contributed by atoms with E-state index in [9.17, 15) is 4.39 Å². The highest BCUT2D eigenvalue weighted by Gasteiger charge is 2.16. The number of para-hydroxylation sites is 1. The Morgan fingerprint density at radius 3 is 2.55 bits per heavy atom. The quantitative estimate of drug-likeness (QED) is 0.712. The normalized spacial score (nSPS) is 10.7. The summed E-state index contributed by atoms with van der Waals surface area (Å²) in [6.45, 7) is 0. The highest BCUT2D eigenvalue weighted by atomic mass is 35.5. The zero-order chi connectivity index (χ0) is 14.1. The summed E-state index contributed by atoms with van der Waals surface area (Å²) in [7, 11) is 0. The average molecular weight is 306 g/mol. The maximum absolute atomic E-state index is 14.1. The second-order valence-corrected chi connectivity index (χ2v) is 4.92. The third-order valence-electron chi connectivity index (χ3n) is 2.87. The summed E-state index contributed by atoms with van der Waals surface area (Å²) < 4.78 is 15.9. The maximum Gasteiger partial charge on any atom is 0.200 e. The van der Waals surface area contributed by atoms with Crippen LogP contribution in [0.2, 0.25) is 5.02 Å². The first-order valence-electron chi connectivity index (χ1n) is 5.85. The zero-order valence-corrected chi connectivity index (χ0v) is 11.7. The molecule has 0 radical (unpaired) electrons. The first-order chi connectivity index (χ1) is 9.68. The van der Waals surface area contributed by atoms with Crippen molar-refractivity contribution in [2.75, 3.05) is 0 Å². The number of aromatic nitrogens is 3. The molecule has 1 aromatic heterocycles. The highest BCUT2D eigenvalue weighted by Crippen LogP contribution is 2.28. The molecule has 0 atom stereocenters. The van der Waals surface area contributed by atoms with E-state index in [1.54, 1.807) is 12.1 Å². The number of H-pyrrole nitrogens is 1. The minimum Gasteiger partial charge on any atom is -0.264 e. The van der Waals surface area contributed by atoms with Gasteiger partial charge in [-0.05, 0) is 24.4 Å². The maximum atomic E-state index is 14.1. The number of halogens is 2. The van der Waals surface area contributed by atoms with Crippen molar-refractivity contribution < 1.29 is 4.39 Å². The van der Waals surface area contributed by atoms with Crippen molar-refractivity contribution in [3.05, 3.63) is 64.1 Å². The van der Waals surface area contributed by atoms with E-state index in [1.165, 1.54) is 10.6 Å². The van der Waals surface area contributed by atoms with Crippen LogP contribution in [0.4, 0.5) is 4.39 Å². The Morgan fingerprint density at radius 2 is 1.85 bits per heavy atom. The fraction of sp³-hybridized carbons (Fsp3) is 0. The van der Waals surface area contributed by atoms with Gasteiger partial charge in [0.15, 0.2) is 10.6 Å². The van der Waals surface area contributed by atoms with Crippen molar-refractivity contribution in [1.29, 1.82) is 0 Å². The second kappa shape index (κ2) is 5.19. The fourth-order valence-corrected chi connectivity index (χ4v) is 2.46. The van der Waals surface area contributed by atoms with Gasteiger partial charge in [0.25, 0.3) is 0 Å². The molecule has 3 nitrogen and oxygen atoms in total. The summed E-state index contributed by atoms with van der Waals surface area (Å²) in [5, 5.41) is 7.12. The Kier molecular flexibility index (Phi) is 3.38. The minimum absolute atomic E-state index is 0.201. The molecule has 0 saturated heterocycles. The lowest BCUT2D eigenvalue weighted by atomic mass is 10.2. The predicted octanol–water partition coefficient (Wildman–Crippen LogP) is 4.39. The van der Waals surface area contributed by atoms with Crippen LogP contribution in [0.3, 0.4) is 0 Å². The molecular weight excluding hydrogens is 297 g/mol. The van der Waals surface area contributed by atoms with E-state index in [1.807, 2.05) is 30.3 Å². The van der Waals surface area contributed by atoms with Crippen molar-refractivity contribution in [2.45, 2.75) is 0 Å². The number of rotatable bonds is 2. The SMILES string of the molecule is Fc1cccc(Cl)c1-n1c(-c2ccccc2)n[nH]c1=S. The number of nitrogens with one attached hydrogen (secondary N) is 1. The van der Waals surface area contributed by atoms with Crippen LogP contribution in [0.1, 0.15) is 0 Å². The largest absolute Gasteiger partial charge is 0.264 e. The summed E-state index contributed by atoms with van der Waals surface area (Å²) >= 11 is 11.3. The molecule has 0 saturated carbocycles. The van der Waals surface area contributed by atoms with E-state index in [2.05, 4.69) is 10.2 Å². The fourth-order valence-electron chi connectivity index (χ4n) is 1.99. The molecule has 3 rings (SSSR count). The van der Waals surface area contributed by atoms with E-state index in [0.717, 1.165) is 5.56 Å². The topological polar surface area (TPSA) is 33.6 Å². The van der Waals surface area contributed by atoms with E-state index < -0.39 is 5.82 Å². The average Bonchev–Trinajstić information content (AvgIpc) is 2.82. The van der Waals surface area contributed by atoms with Crippen LogP contribution < -0.4 is 0 Å². The zero-order valence-electron chi connectivity index (χ0n) is 10.2. The smallest absolute Gasteiger partial charge is 0.200 e. The van der Waals surface area contributed by atoms with Gasteiger partial charge in [0.05, 0.1) is 5.02 Å². The Bertz CT molecular complexity index is 791. The molecule has 6 heteroatoms. The number of hydrogen-bond donors (Lipinski definition) is 1. The van der Waals surface area contributed by atoms with Gasteiger partial charge in [-0.1, -0.05) is 48.0 Å². The third kappa shape index (κ3) is 2.15. The molecule has 0 aliphatic carbocycles. The lowest BCUT2D eigenvalue weighted by Crippen LogP contribution is -2.01. The van der Waals surface area contributed by atoms with Crippen molar-refractivity contribution >= 4 is 23.8 Å². The Balaban J connectivity index is 2.31. The van der Waals surface area contributed by atoms with Crippen LogP contribution in [0, 0.1) is 10.6 Å². The van der Waals surface area contributed by atoms with E-state index in [0.29, 0.717) is 5.82 Å². The summed E-state index contributed by atoms with van der Waals surface area (Å²) in [5.41, 5.74) is 1.02. The van der Waals surface area contributed by atoms with Gasteiger partial charge in [0, 0.05) is 5.56 Å². The van der Waals surface area contributed by atoms with E-state index in [4.69, 9.17) is 23.8 Å². The highest BCUT2D eigenvalue weighted by molar-refractivity contribution is 7.71. The molecule has 0 aliphatic heterocycles. The van der Waals surface area contributed by atoms with Gasteiger partial charge in [0.1, 0.15) is 11.5 Å². The number of nitrogens with zero attached hydrogens (tertiary/aromatic N) is 2. The third-order valence-corrected chi connectivity index (χ3v) is 3.44. The molecule has 1 heterocycles. The van der Waals surface area contributed by atoms with Crippen LogP contribution in [-0.4, -0.2) is 14.8 Å². The molecule has 3 aromatic rings. The van der Waals surface area contributed by atoms with Crippen LogP contribution in [0.25, 0.3) is 17.1 Å². The number of hydrogen-bond acceptors (Lipinski definition) is 2. The van der Waals surface area contributed by atoms with Gasteiger partial charge >= 0.3 is 0 Å². The Hall–Kier alpha value is -1.98. The van der Waals surface area contributed by atoms with Gasteiger partial charge in [-0.15, -0.1) is 0 Å². The molecule has 0 fully saturated rings. The first kappa shape index (κ1) is 13.0. The van der Waals surface area contributed by atoms with Crippen LogP contribution in [0.15, 0.2) is 48.5 Å². The lowest BCUT2D eigenvalue weighted by molar-refractivity contribution is 0.618. The second-order valence-electron chi connectivity index (χ2n) is 4.12. The van der Waals surface area contributed by atoms with Crippen LogP contribution in [-0.2, 0) is 0 Å². The van der Waals surface area contributed by atoms with Gasteiger partial charge < -0.3 is 0 Å². The van der Waals surface area contributed by atoms with E-state index in [-0.39, 0.29) is 15.5 Å². The van der Waals surface area contributed by atoms with Gasteiger partial charge in [0.2, 0.25) is 0 Å². The monoisotopic (exact) mass is 305 g/mol. The molecule has 0 amide bonds. The molecule has 0 spiro atoms. The molecular formula is C14H9ClFN3S. The van der Waals surface area contributed by atoms with Gasteiger partial charge in [-0.3, -0.25) is 9.67 Å². The summed E-state index contributed by atoms with van der Waals surface area (Å²) in [6.07, 6.45) is 0. The summed E-state index contributed by atoms with van der Waals surface area (Å²) in [5.74, 6) is 0.0646. The molecule has 2 aromatic carbocycles. The van der Waals surface area contributed by atoms with E-state index >= 15 is 0 Å². The van der Waals surface area contributed by atoms with Gasteiger partial charge in [-0.25, -0.2) is 4.39 Å². The summed E-state index contributed by atoms with van der Waals surface area (Å²) in [4.78, 5) is 0. The van der Waals surface area contributed by atoms with Crippen molar-refractivity contribution in [1.82, 2.24) is 14.8 Å². The molecule has 0 aliphatic rings. The standard InChI is InChI=1S/C14H9ClFN3S/c15-10-7-4-8-11(16)12(10)19-13(17-18-14(19)20)9-5-2-1-3-6-9/h1-8H,(H,18,20). The molecule has 0 bridgehead atoms. The molecule has 0 unspecified atom stereocenters. The van der Waals surface area contributed by atoms with Crippen LogP contribution >= 0.6 is 23.8 Å².